The van der Waals surface area contributed by atoms with Gasteiger partial charge in [-0.1, -0.05) is 6.08 Å². The smallest absolute Gasteiger partial charge is 0.0836 e. The van der Waals surface area contributed by atoms with Gasteiger partial charge in [0.15, 0.2) is 0 Å². The third kappa shape index (κ3) is 1.43. The maximum Gasteiger partial charge on any atom is 0.0836 e. The van der Waals surface area contributed by atoms with Crippen molar-refractivity contribution in [1.29, 1.82) is 0 Å². The zero-order chi connectivity index (χ0) is 9.60. The van der Waals surface area contributed by atoms with Crippen LogP contribution in [0.5, 0.6) is 0 Å². The molecule has 2 heterocycles. The summed E-state index contributed by atoms with van der Waals surface area (Å²) in [6, 6.07) is 0. The van der Waals surface area contributed by atoms with E-state index in [1.54, 1.807) is 0 Å². The molecule has 0 aromatic carbocycles. The fourth-order valence-electron chi connectivity index (χ4n) is 2.53. The molecular weight excluding hydrogens is 216 g/mol. The largest absolute Gasteiger partial charge is 0.389 e. The Bertz CT molecular complexity index is 271. The number of aliphatic hydroxyl groups excluding tert-OH is 1. The van der Waals surface area contributed by atoms with Crippen molar-refractivity contribution >= 4 is 23.5 Å². The molecule has 14 heavy (non-hydrogen) atoms. The maximum absolute atomic E-state index is 10.0. The zero-order valence-corrected chi connectivity index (χ0v) is 9.57. The van der Waals surface area contributed by atoms with Gasteiger partial charge in [-0.2, -0.15) is 0 Å². The highest BCUT2D eigenvalue weighted by Crippen LogP contribution is 2.54. The predicted molar refractivity (Wildman–Crippen MR) is 60.7 cm³/mol. The summed E-state index contributed by atoms with van der Waals surface area (Å²) in [4.78, 5) is 0. The van der Waals surface area contributed by atoms with Gasteiger partial charge in [0.05, 0.1) is 22.9 Å². The Morgan fingerprint density at radius 2 is 2.14 bits per heavy atom. The normalized spacial score (nSPS) is 39.9. The Morgan fingerprint density at radius 3 is 2.93 bits per heavy atom. The second-order valence-electron chi connectivity index (χ2n) is 4.06. The minimum atomic E-state index is -0.255. The first-order valence-electron chi connectivity index (χ1n) is 5.07. The number of hydrogen-bond donors (Lipinski definition) is 1. The van der Waals surface area contributed by atoms with E-state index in [1.165, 1.54) is 11.5 Å². The summed E-state index contributed by atoms with van der Waals surface area (Å²) in [5.74, 6) is 2.45. The van der Waals surface area contributed by atoms with Gasteiger partial charge in [-0.3, -0.25) is 0 Å². The van der Waals surface area contributed by atoms with Crippen LogP contribution < -0.4 is 0 Å². The fourth-order valence-corrected chi connectivity index (χ4v) is 5.86. The Kier molecular flexibility index (Phi) is 2.35. The standard InChI is InChI=1S/C10H14O2S2/c11-8-5-10(13-3-4-14-10)6-9-7(8)1-2-12-9/h1,8-9,11H,2-6H2/t8-,9-/m1/s1. The maximum atomic E-state index is 10.0. The molecule has 0 aromatic heterocycles. The van der Waals surface area contributed by atoms with Crippen LogP contribution in [-0.2, 0) is 4.74 Å². The molecule has 1 saturated carbocycles. The number of thioether (sulfide) groups is 2. The number of aliphatic hydroxyl groups is 1. The molecule has 1 saturated heterocycles. The van der Waals surface area contributed by atoms with Crippen LogP contribution in [0.25, 0.3) is 0 Å². The summed E-state index contributed by atoms with van der Waals surface area (Å²) >= 11 is 4.03. The van der Waals surface area contributed by atoms with E-state index in [0.29, 0.717) is 6.61 Å². The van der Waals surface area contributed by atoms with E-state index in [4.69, 9.17) is 4.74 Å². The zero-order valence-electron chi connectivity index (χ0n) is 7.94. The van der Waals surface area contributed by atoms with Gasteiger partial charge in [0.25, 0.3) is 0 Å². The summed E-state index contributed by atoms with van der Waals surface area (Å²) < 4.78 is 5.89. The summed E-state index contributed by atoms with van der Waals surface area (Å²) in [6.07, 6.45) is 4.01. The Labute approximate surface area is 92.5 Å². The Balaban J connectivity index is 1.84. The fraction of sp³-hybridized carbons (Fsp3) is 0.800. The van der Waals surface area contributed by atoms with Crippen LogP contribution in [-0.4, -0.2) is 39.5 Å². The van der Waals surface area contributed by atoms with Crippen molar-refractivity contribution in [2.24, 2.45) is 0 Å². The molecule has 2 aliphatic heterocycles. The molecule has 1 N–H and O–H groups in total. The van der Waals surface area contributed by atoms with Gasteiger partial charge in [0.2, 0.25) is 0 Å². The van der Waals surface area contributed by atoms with Crippen molar-refractivity contribution in [2.45, 2.75) is 29.1 Å². The number of ether oxygens (including phenoxy) is 1. The van der Waals surface area contributed by atoms with Gasteiger partial charge >= 0.3 is 0 Å². The Morgan fingerprint density at radius 1 is 1.36 bits per heavy atom. The molecule has 2 atom stereocenters. The molecule has 0 bridgehead atoms. The first-order chi connectivity index (χ1) is 6.79. The second-order valence-corrected chi connectivity index (χ2v) is 7.27. The predicted octanol–water partition coefficient (Wildman–Crippen LogP) is 1.64. The van der Waals surface area contributed by atoms with Crippen LogP contribution in [0, 0.1) is 0 Å². The highest BCUT2D eigenvalue weighted by molar-refractivity contribution is 8.21. The van der Waals surface area contributed by atoms with Gasteiger partial charge < -0.3 is 9.84 Å². The quantitative estimate of drug-likeness (QED) is 0.641. The molecule has 3 rings (SSSR count). The SMILES string of the molecule is O[C@@H]1CC2(C[C@H]3OCC=C13)SCCS2. The molecule has 4 heteroatoms. The van der Waals surface area contributed by atoms with E-state index in [1.807, 2.05) is 23.5 Å². The van der Waals surface area contributed by atoms with Crippen molar-refractivity contribution in [3.05, 3.63) is 11.6 Å². The lowest BCUT2D eigenvalue weighted by molar-refractivity contribution is 0.0670. The monoisotopic (exact) mass is 230 g/mol. The summed E-state index contributed by atoms with van der Waals surface area (Å²) in [6.45, 7) is 0.697. The minimum Gasteiger partial charge on any atom is -0.389 e. The summed E-state index contributed by atoms with van der Waals surface area (Å²) in [5, 5.41) is 10.0. The molecule has 2 fully saturated rings. The van der Waals surface area contributed by atoms with Crippen molar-refractivity contribution in [1.82, 2.24) is 0 Å². The van der Waals surface area contributed by atoms with Gasteiger partial charge in [-0.05, 0) is 5.57 Å². The molecule has 3 aliphatic rings. The number of fused-ring (bicyclic) bond motifs is 1. The number of hydrogen-bond acceptors (Lipinski definition) is 4. The average Bonchev–Trinajstić information content (AvgIpc) is 2.75. The van der Waals surface area contributed by atoms with Crippen molar-refractivity contribution in [2.75, 3.05) is 18.1 Å². The van der Waals surface area contributed by atoms with Crippen LogP contribution in [0.15, 0.2) is 11.6 Å². The van der Waals surface area contributed by atoms with E-state index in [2.05, 4.69) is 6.08 Å². The van der Waals surface area contributed by atoms with E-state index < -0.39 is 0 Å². The lowest BCUT2D eigenvalue weighted by Crippen LogP contribution is -2.39. The summed E-state index contributed by atoms with van der Waals surface area (Å²) in [5.41, 5.74) is 1.14. The highest BCUT2D eigenvalue weighted by Gasteiger charge is 2.47. The molecule has 0 radical (unpaired) electrons. The number of rotatable bonds is 0. The van der Waals surface area contributed by atoms with Crippen molar-refractivity contribution in [3.8, 4) is 0 Å². The minimum absolute atomic E-state index is 0.205. The van der Waals surface area contributed by atoms with E-state index in [0.717, 1.165) is 18.4 Å². The van der Waals surface area contributed by atoms with Crippen LogP contribution in [0.1, 0.15) is 12.8 Å². The van der Waals surface area contributed by atoms with Crippen LogP contribution in [0.2, 0.25) is 0 Å². The van der Waals surface area contributed by atoms with Gasteiger partial charge in [-0.25, -0.2) is 0 Å². The molecule has 0 amide bonds. The lowest BCUT2D eigenvalue weighted by Gasteiger charge is -2.38. The first-order valence-corrected chi connectivity index (χ1v) is 7.04. The molecule has 1 spiro atoms. The summed E-state index contributed by atoms with van der Waals surface area (Å²) in [7, 11) is 0. The second kappa shape index (κ2) is 3.44. The van der Waals surface area contributed by atoms with Gasteiger partial charge in [0, 0.05) is 24.3 Å². The van der Waals surface area contributed by atoms with Gasteiger partial charge in [-0.15, -0.1) is 23.5 Å². The van der Waals surface area contributed by atoms with Crippen molar-refractivity contribution in [3.63, 3.8) is 0 Å². The molecule has 0 unspecified atom stereocenters. The van der Waals surface area contributed by atoms with Crippen LogP contribution in [0.3, 0.4) is 0 Å². The van der Waals surface area contributed by atoms with E-state index >= 15 is 0 Å². The molecule has 1 aliphatic carbocycles. The topological polar surface area (TPSA) is 29.5 Å². The lowest BCUT2D eigenvalue weighted by atomic mass is 9.89. The Hall–Kier alpha value is 0.360. The van der Waals surface area contributed by atoms with E-state index in [9.17, 15) is 5.11 Å². The highest BCUT2D eigenvalue weighted by atomic mass is 32.2. The molecule has 0 aromatic rings. The molecular formula is C10H14O2S2. The van der Waals surface area contributed by atoms with Crippen LogP contribution >= 0.6 is 23.5 Å². The molecule has 2 nitrogen and oxygen atoms in total. The molecule has 78 valence electrons. The van der Waals surface area contributed by atoms with Gasteiger partial charge in [0.1, 0.15) is 0 Å². The first kappa shape index (κ1) is 9.58. The van der Waals surface area contributed by atoms with E-state index in [-0.39, 0.29) is 16.3 Å². The third-order valence-corrected chi connectivity index (χ3v) is 6.69. The third-order valence-electron chi connectivity index (χ3n) is 3.19. The van der Waals surface area contributed by atoms with Crippen molar-refractivity contribution < 1.29 is 9.84 Å². The average molecular weight is 230 g/mol. The van der Waals surface area contributed by atoms with Crippen LogP contribution in [0.4, 0.5) is 0 Å².